The van der Waals surface area contributed by atoms with Gasteiger partial charge in [-0.3, -0.25) is 4.90 Å². The normalized spacial score (nSPS) is 15.9. The molecule has 1 saturated heterocycles. The van der Waals surface area contributed by atoms with Crippen LogP contribution in [0.4, 0.5) is 17.2 Å². The molecule has 1 unspecified atom stereocenters. The number of benzene rings is 2. The minimum atomic E-state index is 0.480. The summed E-state index contributed by atoms with van der Waals surface area (Å²) in [4.78, 5) is 9.74. The molecule has 0 amide bonds. The summed E-state index contributed by atoms with van der Waals surface area (Å²) in [6.07, 6.45) is 1.10. The van der Waals surface area contributed by atoms with Crippen molar-refractivity contribution in [2.75, 3.05) is 55.8 Å². The zero-order valence-electron chi connectivity index (χ0n) is 17.8. The maximum Gasteiger partial charge on any atom is 0.142 e. The lowest BCUT2D eigenvalue weighted by atomic mass is 10.1. The number of anilines is 3. The van der Waals surface area contributed by atoms with Crippen molar-refractivity contribution in [2.24, 2.45) is 0 Å². The van der Waals surface area contributed by atoms with Gasteiger partial charge in [-0.25, -0.2) is 4.98 Å². The van der Waals surface area contributed by atoms with E-state index in [4.69, 9.17) is 15.5 Å². The molecule has 1 fully saturated rings. The lowest BCUT2D eigenvalue weighted by Crippen LogP contribution is -2.52. The van der Waals surface area contributed by atoms with Gasteiger partial charge in [-0.2, -0.15) is 0 Å². The molecule has 4 rings (SSSR count). The Bertz CT molecular complexity index is 984. The first kappa shape index (κ1) is 20.3. The van der Waals surface area contributed by atoms with Gasteiger partial charge in [0.2, 0.25) is 0 Å². The Kier molecular flexibility index (Phi) is 6.23. The number of pyridine rings is 1. The minimum Gasteiger partial charge on any atom is -0.495 e. The van der Waals surface area contributed by atoms with E-state index in [9.17, 15) is 0 Å². The average molecular weight is 406 g/mol. The topological polar surface area (TPSA) is 66.7 Å². The molecule has 2 aromatic carbocycles. The number of methoxy groups -OCH3 is 1. The van der Waals surface area contributed by atoms with E-state index in [2.05, 4.69) is 40.2 Å². The summed E-state index contributed by atoms with van der Waals surface area (Å²) < 4.78 is 5.54. The number of nitrogens with zero attached hydrogens (tertiary/aromatic N) is 3. The first-order valence-corrected chi connectivity index (χ1v) is 10.7. The summed E-state index contributed by atoms with van der Waals surface area (Å²) >= 11 is 0. The fourth-order valence-electron chi connectivity index (χ4n) is 4.22. The van der Waals surface area contributed by atoms with E-state index in [0.29, 0.717) is 6.04 Å². The third kappa shape index (κ3) is 4.44. The summed E-state index contributed by atoms with van der Waals surface area (Å²) in [6.45, 7) is 7.25. The zero-order chi connectivity index (χ0) is 20.9. The summed E-state index contributed by atoms with van der Waals surface area (Å²) in [5.41, 5.74) is 8.78. The SMILES string of the molecule is CCC(CNc1ccc2cc(N)ccc2n1)N1CCN(c2ccccc2OC)CC1. The summed E-state index contributed by atoms with van der Waals surface area (Å²) in [7, 11) is 1.74. The van der Waals surface area contributed by atoms with Crippen LogP contribution in [0, 0.1) is 0 Å². The fourth-order valence-corrected chi connectivity index (χ4v) is 4.22. The van der Waals surface area contributed by atoms with E-state index in [1.807, 2.05) is 36.4 Å². The summed E-state index contributed by atoms with van der Waals surface area (Å²) in [5, 5.41) is 4.61. The van der Waals surface area contributed by atoms with Gasteiger partial charge in [0.1, 0.15) is 11.6 Å². The second-order valence-corrected chi connectivity index (χ2v) is 7.79. The molecule has 1 aliphatic heterocycles. The van der Waals surface area contributed by atoms with Crippen LogP contribution in [0.3, 0.4) is 0 Å². The highest BCUT2D eigenvalue weighted by Crippen LogP contribution is 2.28. The van der Waals surface area contributed by atoms with E-state index in [-0.39, 0.29) is 0 Å². The van der Waals surface area contributed by atoms with Crippen LogP contribution in [0.5, 0.6) is 5.75 Å². The van der Waals surface area contributed by atoms with Crippen molar-refractivity contribution >= 4 is 28.1 Å². The predicted molar refractivity (Wildman–Crippen MR) is 126 cm³/mol. The van der Waals surface area contributed by atoms with E-state index >= 15 is 0 Å². The number of para-hydroxylation sites is 2. The second-order valence-electron chi connectivity index (χ2n) is 7.79. The monoisotopic (exact) mass is 405 g/mol. The molecule has 6 nitrogen and oxygen atoms in total. The molecule has 30 heavy (non-hydrogen) atoms. The Balaban J connectivity index is 1.35. The van der Waals surface area contributed by atoms with Gasteiger partial charge in [0, 0.05) is 49.8 Å². The molecule has 1 atom stereocenters. The molecule has 0 bridgehead atoms. The van der Waals surface area contributed by atoms with Crippen LogP contribution in [0.25, 0.3) is 10.9 Å². The van der Waals surface area contributed by atoms with Gasteiger partial charge < -0.3 is 20.7 Å². The average Bonchev–Trinajstić information content (AvgIpc) is 2.80. The van der Waals surface area contributed by atoms with Crippen molar-refractivity contribution in [3.05, 3.63) is 54.6 Å². The molecule has 2 heterocycles. The Labute approximate surface area is 178 Å². The van der Waals surface area contributed by atoms with Gasteiger partial charge in [-0.05, 0) is 48.9 Å². The van der Waals surface area contributed by atoms with Crippen LogP contribution < -0.4 is 20.7 Å². The van der Waals surface area contributed by atoms with E-state index in [1.54, 1.807) is 7.11 Å². The van der Waals surface area contributed by atoms with E-state index in [0.717, 1.165) is 67.3 Å². The number of hydrogen-bond donors (Lipinski definition) is 2. The predicted octanol–water partition coefficient (Wildman–Crippen LogP) is 3.84. The fraction of sp³-hybridized carbons (Fsp3) is 0.375. The first-order chi connectivity index (χ1) is 14.7. The molecule has 0 saturated carbocycles. The van der Waals surface area contributed by atoms with Gasteiger partial charge in [0.25, 0.3) is 0 Å². The number of fused-ring (bicyclic) bond motifs is 1. The highest BCUT2D eigenvalue weighted by Gasteiger charge is 2.24. The number of aromatic nitrogens is 1. The number of rotatable bonds is 7. The highest BCUT2D eigenvalue weighted by atomic mass is 16.5. The second kappa shape index (κ2) is 9.22. The van der Waals surface area contributed by atoms with Crippen molar-refractivity contribution in [1.82, 2.24) is 9.88 Å². The maximum atomic E-state index is 5.86. The van der Waals surface area contributed by atoms with Crippen molar-refractivity contribution < 1.29 is 4.74 Å². The quantitative estimate of drug-likeness (QED) is 0.582. The van der Waals surface area contributed by atoms with Crippen LogP contribution in [-0.2, 0) is 0 Å². The van der Waals surface area contributed by atoms with Gasteiger partial charge in [0.05, 0.1) is 18.3 Å². The summed E-state index contributed by atoms with van der Waals surface area (Å²) in [5.74, 6) is 1.86. The number of nitrogens with one attached hydrogen (secondary N) is 1. The molecule has 158 valence electrons. The van der Waals surface area contributed by atoms with E-state index < -0.39 is 0 Å². The lowest BCUT2D eigenvalue weighted by Gasteiger charge is -2.40. The highest BCUT2D eigenvalue weighted by molar-refractivity contribution is 5.83. The Morgan fingerprint density at radius 1 is 1.07 bits per heavy atom. The lowest BCUT2D eigenvalue weighted by molar-refractivity contribution is 0.187. The molecule has 6 heteroatoms. The summed E-state index contributed by atoms with van der Waals surface area (Å²) in [6, 6.07) is 18.7. The number of nitrogen functional groups attached to an aromatic ring is 1. The molecule has 1 aliphatic rings. The molecular weight excluding hydrogens is 374 g/mol. The molecule has 3 N–H and O–H groups in total. The van der Waals surface area contributed by atoms with Crippen LogP contribution in [0.2, 0.25) is 0 Å². The molecular formula is C24H31N5O. The number of ether oxygens (including phenoxy) is 1. The van der Waals surface area contributed by atoms with Crippen LogP contribution in [0.15, 0.2) is 54.6 Å². The molecule has 3 aromatic rings. The Hall–Kier alpha value is -2.99. The molecule has 0 aliphatic carbocycles. The van der Waals surface area contributed by atoms with Crippen molar-refractivity contribution in [1.29, 1.82) is 0 Å². The number of hydrogen-bond acceptors (Lipinski definition) is 6. The number of piperazine rings is 1. The van der Waals surface area contributed by atoms with Crippen LogP contribution >= 0.6 is 0 Å². The van der Waals surface area contributed by atoms with E-state index in [1.165, 1.54) is 5.69 Å². The third-order valence-electron chi connectivity index (χ3n) is 5.96. The zero-order valence-corrected chi connectivity index (χ0v) is 17.8. The minimum absolute atomic E-state index is 0.480. The standard InChI is InChI=1S/C24H31N5O/c1-3-20(17-26-24-11-8-18-16-19(25)9-10-21(18)27-24)28-12-14-29(15-13-28)22-6-4-5-7-23(22)30-2/h4-11,16,20H,3,12-15,17,25H2,1-2H3,(H,26,27). The van der Waals surface area contributed by atoms with Crippen LogP contribution in [-0.4, -0.2) is 55.8 Å². The molecule has 1 aromatic heterocycles. The van der Waals surface area contributed by atoms with Gasteiger partial charge in [0.15, 0.2) is 0 Å². The van der Waals surface area contributed by atoms with Gasteiger partial charge in [-0.1, -0.05) is 19.1 Å². The smallest absolute Gasteiger partial charge is 0.142 e. The van der Waals surface area contributed by atoms with Crippen LogP contribution in [0.1, 0.15) is 13.3 Å². The maximum absolute atomic E-state index is 5.86. The first-order valence-electron chi connectivity index (χ1n) is 10.7. The number of nitrogens with two attached hydrogens (primary N) is 1. The molecule has 0 radical (unpaired) electrons. The van der Waals surface area contributed by atoms with Crippen molar-refractivity contribution in [3.63, 3.8) is 0 Å². The Morgan fingerprint density at radius 3 is 2.63 bits per heavy atom. The largest absolute Gasteiger partial charge is 0.495 e. The van der Waals surface area contributed by atoms with Gasteiger partial charge >= 0.3 is 0 Å². The molecule has 0 spiro atoms. The van der Waals surface area contributed by atoms with Crippen molar-refractivity contribution in [3.8, 4) is 5.75 Å². The van der Waals surface area contributed by atoms with Gasteiger partial charge in [-0.15, -0.1) is 0 Å². The Morgan fingerprint density at radius 2 is 1.87 bits per heavy atom. The van der Waals surface area contributed by atoms with Crippen molar-refractivity contribution in [2.45, 2.75) is 19.4 Å². The third-order valence-corrected chi connectivity index (χ3v) is 5.96.